The molecular weight excluding hydrogens is 353 g/mol. The molecule has 5 heteroatoms. The third kappa shape index (κ3) is 4.11. The molecule has 0 radical (unpaired) electrons. The van der Waals surface area contributed by atoms with Crippen molar-refractivity contribution < 1.29 is 4.48 Å². The van der Waals surface area contributed by atoms with Crippen molar-refractivity contribution in [2.45, 2.75) is 39.2 Å². The third-order valence-corrected chi connectivity index (χ3v) is 5.96. The number of rotatable bonds is 7. The van der Waals surface area contributed by atoms with E-state index < -0.39 is 0 Å². The molecular formula is C20H26Cl2N3+. The molecule has 2 aromatic rings. The minimum atomic E-state index is 0.583. The predicted octanol–water partition coefficient (Wildman–Crippen LogP) is 5.64. The number of aromatic nitrogens is 1. The molecule has 25 heavy (non-hydrogen) atoms. The Labute approximate surface area is 160 Å². The molecule has 0 amide bonds. The van der Waals surface area contributed by atoms with Crippen LogP contribution in [0.1, 0.15) is 38.3 Å². The minimum Gasteiger partial charge on any atom is -0.309 e. The normalized spacial score (nSPS) is 20.7. The van der Waals surface area contributed by atoms with E-state index in [0.717, 1.165) is 42.8 Å². The molecule has 0 saturated carbocycles. The van der Waals surface area contributed by atoms with Gasteiger partial charge in [0.15, 0.2) is 11.8 Å². The number of nitrogens with zero attached hydrogens (tertiary/aromatic N) is 3. The van der Waals surface area contributed by atoms with Gasteiger partial charge in [-0.2, -0.15) is 0 Å². The first-order chi connectivity index (χ1) is 12.0. The summed E-state index contributed by atoms with van der Waals surface area (Å²) in [6, 6.07) is 12.4. The summed E-state index contributed by atoms with van der Waals surface area (Å²) in [5.41, 5.74) is 2.06. The minimum absolute atomic E-state index is 0.583. The van der Waals surface area contributed by atoms with Crippen LogP contribution in [-0.4, -0.2) is 34.6 Å². The zero-order valence-corrected chi connectivity index (χ0v) is 16.5. The van der Waals surface area contributed by atoms with Crippen LogP contribution in [0.15, 0.2) is 46.7 Å². The number of para-hydroxylation sites is 1. The van der Waals surface area contributed by atoms with E-state index in [-0.39, 0.29) is 0 Å². The Kier molecular flexibility index (Phi) is 5.88. The summed E-state index contributed by atoms with van der Waals surface area (Å²) in [5, 5.41) is 2.57. The van der Waals surface area contributed by atoms with Crippen molar-refractivity contribution in [3.05, 3.63) is 52.4 Å². The van der Waals surface area contributed by atoms with E-state index in [1.54, 1.807) is 0 Å². The van der Waals surface area contributed by atoms with E-state index in [1.807, 2.05) is 18.2 Å². The van der Waals surface area contributed by atoms with Crippen molar-refractivity contribution >= 4 is 34.1 Å². The molecule has 1 aromatic carbocycles. The summed E-state index contributed by atoms with van der Waals surface area (Å²) in [4.78, 5) is 7.01. The molecule has 1 aromatic heterocycles. The smallest absolute Gasteiger partial charge is 0.239 e. The Morgan fingerprint density at radius 3 is 2.68 bits per heavy atom. The Morgan fingerprint density at radius 1 is 1.08 bits per heavy atom. The summed E-state index contributed by atoms with van der Waals surface area (Å²) in [7, 11) is 2.13. The summed E-state index contributed by atoms with van der Waals surface area (Å²) >= 11 is 13.1. The van der Waals surface area contributed by atoms with Crippen LogP contribution in [0.25, 0.3) is 10.9 Å². The number of benzene rings is 1. The zero-order chi connectivity index (χ0) is 17.9. The molecule has 0 spiro atoms. The fourth-order valence-corrected chi connectivity index (χ4v) is 4.00. The lowest BCUT2D eigenvalue weighted by atomic mass is 10.2. The standard InChI is InChI=1S/C20H26Cl2N3/c1-3-4-5-8-13-24-15-25(2,20(22)19(24)21)14-17-12-11-16-9-6-7-10-18(16)23-17/h6-7,9-12H,3-5,8,13-15H2,1-2H3/q+1. The maximum Gasteiger partial charge on any atom is 0.239 e. The largest absolute Gasteiger partial charge is 0.309 e. The molecule has 1 atom stereocenters. The number of hydrogen-bond donors (Lipinski definition) is 0. The van der Waals surface area contributed by atoms with Crippen LogP contribution in [-0.2, 0) is 6.54 Å². The van der Waals surface area contributed by atoms with Crippen LogP contribution in [0.5, 0.6) is 0 Å². The van der Waals surface area contributed by atoms with Gasteiger partial charge in [-0.3, -0.25) is 4.48 Å². The average molecular weight is 379 g/mol. The van der Waals surface area contributed by atoms with E-state index >= 15 is 0 Å². The number of halogens is 2. The van der Waals surface area contributed by atoms with Crippen LogP contribution in [0.4, 0.5) is 0 Å². The number of quaternary nitrogens is 1. The highest BCUT2D eigenvalue weighted by Crippen LogP contribution is 2.36. The van der Waals surface area contributed by atoms with Crippen LogP contribution >= 0.6 is 23.2 Å². The van der Waals surface area contributed by atoms with Crippen molar-refractivity contribution in [3.8, 4) is 0 Å². The predicted molar refractivity (Wildman–Crippen MR) is 106 cm³/mol. The second kappa shape index (κ2) is 7.94. The molecule has 2 heterocycles. The van der Waals surface area contributed by atoms with Crippen molar-refractivity contribution in [1.82, 2.24) is 9.88 Å². The molecule has 1 aliphatic rings. The van der Waals surface area contributed by atoms with Crippen molar-refractivity contribution in [2.24, 2.45) is 0 Å². The van der Waals surface area contributed by atoms with Gasteiger partial charge in [-0.15, -0.1) is 0 Å². The lowest BCUT2D eigenvalue weighted by molar-refractivity contribution is -0.881. The van der Waals surface area contributed by atoms with Crippen molar-refractivity contribution in [1.29, 1.82) is 0 Å². The first-order valence-corrected chi connectivity index (χ1v) is 9.79. The Balaban J connectivity index is 1.72. The summed E-state index contributed by atoms with van der Waals surface area (Å²) in [6.45, 7) is 4.74. The molecule has 0 N–H and O–H groups in total. The summed E-state index contributed by atoms with van der Waals surface area (Å²) < 4.78 is 0.583. The van der Waals surface area contributed by atoms with Gasteiger partial charge in [-0.05, 0) is 30.2 Å². The Bertz CT molecular complexity index is 774. The lowest BCUT2D eigenvalue weighted by Crippen LogP contribution is -2.42. The first-order valence-electron chi connectivity index (χ1n) is 9.03. The summed E-state index contributed by atoms with van der Waals surface area (Å²) in [5.74, 6) is 0. The Hall–Kier alpha value is -1.29. The molecule has 0 bridgehead atoms. The van der Waals surface area contributed by atoms with Gasteiger partial charge >= 0.3 is 0 Å². The SMILES string of the molecule is CCCCCCN1C[N+](C)(Cc2ccc3ccccc3n2)C(Cl)=C1Cl. The van der Waals surface area contributed by atoms with Gasteiger partial charge in [-0.25, -0.2) is 4.98 Å². The molecule has 0 aliphatic carbocycles. The topological polar surface area (TPSA) is 16.1 Å². The lowest BCUT2D eigenvalue weighted by Gasteiger charge is -2.29. The second-order valence-electron chi connectivity index (χ2n) is 7.10. The Morgan fingerprint density at radius 2 is 1.88 bits per heavy atom. The molecule has 3 rings (SSSR count). The van der Waals surface area contributed by atoms with Crippen LogP contribution < -0.4 is 0 Å². The van der Waals surface area contributed by atoms with Gasteiger partial charge in [0, 0.05) is 11.9 Å². The maximum atomic E-state index is 6.62. The van der Waals surface area contributed by atoms with Gasteiger partial charge in [0.2, 0.25) is 5.16 Å². The summed E-state index contributed by atoms with van der Waals surface area (Å²) in [6.07, 6.45) is 4.91. The maximum absolute atomic E-state index is 6.62. The van der Waals surface area contributed by atoms with E-state index in [9.17, 15) is 0 Å². The molecule has 1 unspecified atom stereocenters. The van der Waals surface area contributed by atoms with Gasteiger partial charge in [0.05, 0.1) is 18.3 Å². The fourth-order valence-electron chi connectivity index (χ4n) is 3.43. The average Bonchev–Trinajstić information content (AvgIpc) is 2.82. The van der Waals surface area contributed by atoms with Crippen molar-refractivity contribution in [2.75, 3.05) is 20.3 Å². The molecule has 0 fully saturated rings. The van der Waals surface area contributed by atoms with Gasteiger partial charge in [-0.1, -0.05) is 62.1 Å². The van der Waals surface area contributed by atoms with Gasteiger partial charge < -0.3 is 4.90 Å². The molecule has 134 valence electrons. The number of unbranched alkanes of at least 4 members (excludes halogenated alkanes) is 3. The first kappa shape index (κ1) is 18.5. The molecule has 1 aliphatic heterocycles. The highest BCUT2D eigenvalue weighted by Gasteiger charge is 2.40. The van der Waals surface area contributed by atoms with E-state index in [0.29, 0.717) is 14.8 Å². The highest BCUT2D eigenvalue weighted by molar-refractivity contribution is 6.38. The number of pyridine rings is 1. The molecule has 0 saturated heterocycles. The van der Waals surface area contributed by atoms with Crippen LogP contribution in [0, 0.1) is 0 Å². The van der Waals surface area contributed by atoms with Crippen LogP contribution in [0.3, 0.4) is 0 Å². The van der Waals surface area contributed by atoms with E-state index in [1.165, 1.54) is 19.3 Å². The molecule has 3 nitrogen and oxygen atoms in total. The quantitative estimate of drug-likeness (QED) is 0.352. The zero-order valence-electron chi connectivity index (χ0n) is 15.0. The highest BCUT2D eigenvalue weighted by atomic mass is 35.5. The fraction of sp³-hybridized carbons (Fsp3) is 0.450. The number of fused-ring (bicyclic) bond motifs is 1. The van der Waals surface area contributed by atoms with Gasteiger partial charge in [0.1, 0.15) is 6.54 Å². The van der Waals surface area contributed by atoms with Crippen molar-refractivity contribution in [3.63, 3.8) is 0 Å². The van der Waals surface area contributed by atoms with E-state index in [2.05, 4.69) is 37.1 Å². The van der Waals surface area contributed by atoms with Gasteiger partial charge in [0.25, 0.3) is 0 Å². The monoisotopic (exact) mass is 378 g/mol. The third-order valence-electron chi connectivity index (χ3n) is 4.85. The number of hydrogen-bond acceptors (Lipinski definition) is 2. The van der Waals surface area contributed by atoms with Crippen LogP contribution in [0.2, 0.25) is 0 Å². The second-order valence-corrected chi connectivity index (χ2v) is 7.81. The van der Waals surface area contributed by atoms with E-state index in [4.69, 9.17) is 28.2 Å².